The second-order valence-electron chi connectivity index (χ2n) is 6.15. The van der Waals surface area contributed by atoms with Crippen LogP contribution in [-0.4, -0.2) is 4.57 Å². The SMILES string of the molecule is C#Cc1cccc(-c2c(C)c(=O)n(C3CC3)c3ccccc23)c1. The molecule has 0 N–H and O–H groups in total. The summed E-state index contributed by atoms with van der Waals surface area (Å²) in [4.78, 5) is 12.9. The summed E-state index contributed by atoms with van der Waals surface area (Å²) in [6.07, 6.45) is 7.72. The zero-order chi connectivity index (χ0) is 16.0. The van der Waals surface area contributed by atoms with E-state index in [0.717, 1.165) is 46.0 Å². The van der Waals surface area contributed by atoms with Gasteiger partial charge in [-0.3, -0.25) is 4.79 Å². The van der Waals surface area contributed by atoms with E-state index in [1.165, 1.54) is 0 Å². The van der Waals surface area contributed by atoms with Crippen LogP contribution in [0.5, 0.6) is 0 Å². The van der Waals surface area contributed by atoms with Crippen LogP contribution < -0.4 is 5.56 Å². The Hall–Kier alpha value is -2.79. The highest BCUT2D eigenvalue weighted by atomic mass is 16.1. The Bertz CT molecular complexity index is 1020. The molecular formula is C21H17NO. The average Bonchev–Trinajstić information content (AvgIpc) is 3.41. The summed E-state index contributed by atoms with van der Waals surface area (Å²) in [5.41, 5.74) is 4.77. The molecular weight excluding hydrogens is 282 g/mol. The third-order valence-electron chi connectivity index (χ3n) is 4.58. The molecule has 1 aromatic heterocycles. The zero-order valence-corrected chi connectivity index (χ0v) is 13.0. The van der Waals surface area contributed by atoms with Crippen molar-refractivity contribution in [1.82, 2.24) is 4.57 Å². The molecule has 23 heavy (non-hydrogen) atoms. The van der Waals surface area contributed by atoms with Crippen LogP contribution in [0.15, 0.2) is 53.3 Å². The molecule has 2 heteroatoms. The maximum Gasteiger partial charge on any atom is 0.254 e. The van der Waals surface area contributed by atoms with Gasteiger partial charge in [-0.2, -0.15) is 0 Å². The van der Waals surface area contributed by atoms with Gasteiger partial charge < -0.3 is 4.57 Å². The summed E-state index contributed by atoms with van der Waals surface area (Å²) in [6, 6.07) is 16.4. The smallest absolute Gasteiger partial charge is 0.254 e. The van der Waals surface area contributed by atoms with Gasteiger partial charge in [0.25, 0.3) is 5.56 Å². The number of terminal acetylenes is 1. The minimum absolute atomic E-state index is 0.118. The van der Waals surface area contributed by atoms with Crippen LogP contribution in [-0.2, 0) is 0 Å². The van der Waals surface area contributed by atoms with Crippen LogP contribution in [0.3, 0.4) is 0 Å². The maximum absolute atomic E-state index is 12.9. The second kappa shape index (κ2) is 5.14. The van der Waals surface area contributed by atoms with E-state index in [-0.39, 0.29) is 5.56 Å². The largest absolute Gasteiger partial charge is 0.305 e. The van der Waals surface area contributed by atoms with Gasteiger partial charge in [-0.15, -0.1) is 6.42 Å². The number of para-hydroxylation sites is 1. The molecule has 1 aliphatic rings. The topological polar surface area (TPSA) is 22.0 Å². The van der Waals surface area contributed by atoms with E-state index < -0.39 is 0 Å². The molecule has 2 aromatic carbocycles. The molecule has 0 bridgehead atoms. The molecule has 1 aliphatic carbocycles. The van der Waals surface area contributed by atoms with Crippen LogP contribution in [0.25, 0.3) is 22.0 Å². The molecule has 0 radical (unpaired) electrons. The van der Waals surface area contributed by atoms with Gasteiger partial charge in [-0.05, 0) is 49.1 Å². The van der Waals surface area contributed by atoms with Crippen molar-refractivity contribution in [2.24, 2.45) is 0 Å². The standard InChI is InChI=1S/C21H17NO/c1-3-15-7-6-8-16(13-15)20-14(2)21(23)22(17-11-12-17)19-10-5-4-9-18(19)20/h1,4-10,13,17H,11-12H2,2H3. The van der Waals surface area contributed by atoms with Gasteiger partial charge in [-0.1, -0.05) is 36.3 Å². The lowest BCUT2D eigenvalue weighted by Crippen LogP contribution is -2.22. The van der Waals surface area contributed by atoms with Gasteiger partial charge in [0.2, 0.25) is 0 Å². The average molecular weight is 299 g/mol. The van der Waals surface area contributed by atoms with Crippen molar-refractivity contribution in [3.63, 3.8) is 0 Å². The quantitative estimate of drug-likeness (QED) is 0.647. The normalized spacial score (nSPS) is 13.9. The van der Waals surface area contributed by atoms with E-state index >= 15 is 0 Å². The molecule has 4 rings (SSSR count). The number of hydrogen-bond donors (Lipinski definition) is 0. The summed E-state index contributed by atoms with van der Waals surface area (Å²) in [5, 5.41) is 1.12. The van der Waals surface area contributed by atoms with Gasteiger partial charge in [-0.25, -0.2) is 0 Å². The second-order valence-corrected chi connectivity index (χ2v) is 6.15. The fourth-order valence-corrected chi connectivity index (χ4v) is 3.33. The van der Waals surface area contributed by atoms with Crippen LogP contribution in [0.1, 0.15) is 30.0 Å². The highest BCUT2D eigenvalue weighted by Crippen LogP contribution is 2.38. The first kappa shape index (κ1) is 13.8. The van der Waals surface area contributed by atoms with E-state index in [4.69, 9.17) is 6.42 Å². The van der Waals surface area contributed by atoms with Crippen molar-refractivity contribution in [1.29, 1.82) is 0 Å². The number of hydrogen-bond acceptors (Lipinski definition) is 1. The maximum atomic E-state index is 12.9. The Labute approximate surface area is 135 Å². The number of fused-ring (bicyclic) bond motifs is 1. The number of pyridine rings is 1. The number of nitrogens with zero attached hydrogens (tertiary/aromatic N) is 1. The first-order chi connectivity index (χ1) is 11.2. The van der Waals surface area contributed by atoms with Crippen LogP contribution in [0.2, 0.25) is 0 Å². The summed E-state index contributed by atoms with van der Waals surface area (Å²) in [6.45, 7) is 1.92. The third-order valence-corrected chi connectivity index (χ3v) is 4.58. The lowest BCUT2D eigenvalue weighted by atomic mass is 9.95. The van der Waals surface area contributed by atoms with E-state index in [1.54, 1.807) is 0 Å². The van der Waals surface area contributed by atoms with Crippen molar-refractivity contribution < 1.29 is 0 Å². The molecule has 112 valence electrons. The third kappa shape index (κ3) is 2.17. The van der Waals surface area contributed by atoms with Crippen LogP contribution in [0, 0.1) is 19.3 Å². The van der Waals surface area contributed by atoms with E-state index in [2.05, 4.69) is 12.0 Å². The van der Waals surface area contributed by atoms with Crippen molar-refractivity contribution >= 4 is 10.9 Å². The fourth-order valence-electron chi connectivity index (χ4n) is 3.33. The minimum Gasteiger partial charge on any atom is -0.305 e. The Morgan fingerprint density at radius 3 is 2.65 bits per heavy atom. The van der Waals surface area contributed by atoms with E-state index in [9.17, 15) is 4.79 Å². The first-order valence-corrected chi connectivity index (χ1v) is 7.91. The fraction of sp³-hybridized carbons (Fsp3) is 0.190. The van der Waals surface area contributed by atoms with Crippen molar-refractivity contribution in [2.75, 3.05) is 0 Å². The Morgan fingerprint density at radius 2 is 1.91 bits per heavy atom. The molecule has 0 atom stereocenters. The van der Waals surface area contributed by atoms with Gasteiger partial charge >= 0.3 is 0 Å². The first-order valence-electron chi connectivity index (χ1n) is 7.91. The van der Waals surface area contributed by atoms with Crippen molar-refractivity contribution in [2.45, 2.75) is 25.8 Å². The summed E-state index contributed by atoms with van der Waals surface area (Å²) in [5.74, 6) is 2.68. The monoisotopic (exact) mass is 299 g/mol. The van der Waals surface area contributed by atoms with Crippen molar-refractivity contribution in [3.8, 4) is 23.5 Å². The van der Waals surface area contributed by atoms with E-state index in [0.29, 0.717) is 6.04 Å². The summed E-state index contributed by atoms with van der Waals surface area (Å²) < 4.78 is 1.97. The van der Waals surface area contributed by atoms with Crippen molar-refractivity contribution in [3.05, 3.63) is 70.0 Å². The predicted octanol–water partition coefficient (Wildman–Crippen LogP) is 4.29. The molecule has 1 saturated carbocycles. The van der Waals surface area contributed by atoms with Gasteiger partial charge in [0.05, 0.1) is 5.52 Å². The van der Waals surface area contributed by atoms with Gasteiger partial charge in [0.1, 0.15) is 0 Å². The lowest BCUT2D eigenvalue weighted by Gasteiger charge is -2.16. The lowest BCUT2D eigenvalue weighted by molar-refractivity contribution is 0.734. The minimum atomic E-state index is 0.118. The molecule has 1 fully saturated rings. The highest BCUT2D eigenvalue weighted by Gasteiger charge is 2.28. The molecule has 0 saturated heterocycles. The molecule has 3 aromatic rings. The molecule has 0 aliphatic heterocycles. The molecule has 0 amide bonds. The summed E-state index contributed by atoms with van der Waals surface area (Å²) in [7, 11) is 0. The van der Waals surface area contributed by atoms with Gasteiger partial charge in [0.15, 0.2) is 0 Å². The molecule has 2 nitrogen and oxygen atoms in total. The molecule has 0 unspecified atom stereocenters. The number of benzene rings is 2. The van der Waals surface area contributed by atoms with Crippen LogP contribution in [0.4, 0.5) is 0 Å². The van der Waals surface area contributed by atoms with E-state index in [1.807, 2.05) is 54.0 Å². The molecule has 1 heterocycles. The Morgan fingerprint density at radius 1 is 1.13 bits per heavy atom. The Balaban J connectivity index is 2.11. The molecule has 0 spiro atoms. The Kier molecular flexibility index (Phi) is 3.09. The summed E-state index contributed by atoms with van der Waals surface area (Å²) >= 11 is 0. The predicted molar refractivity (Wildman–Crippen MR) is 94.6 cm³/mol. The number of rotatable bonds is 2. The van der Waals surface area contributed by atoms with Gasteiger partial charge in [0, 0.05) is 22.6 Å². The zero-order valence-electron chi connectivity index (χ0n) is 13.0. The highest BCUT2D eigenvalue weighted by molar-refractivity contribution is 5.96. The number of aromatic nitrogens is 1. The van der Waals surface area contributed by atoms with Crippen LogP contribution >= 0.6 is 0 Å².